The van der Waals surface area contributed by atoms with E-state index in [4.69, 9.17) is 17.3 Å². The number of carbonyl (C=O) groups excluding carboxylic acids is 1. The summed E-state index contributed by atoms with van der Waals surface area (Å²) in [5.74, 6) is -0.979. The molecule has 0 atom stereocenters. The molecule has 0 aliphatic rings. The van der Waals surface area contributed by atoms with Crippen LogP contribution in [0.4, 0.5) is 18.9 Å². The first kappa shape index (κ1) is 13.0. The summed E-state index contributed by atoms with van der Waals surface area (Å²) in [6, 6.07) is 0. The van der Waals surface area contributed by atoms with Crippen LogP contribution in [0.1, 0.15) is 10.4 Å². The standard InChI is InChI=1S/C7H3BrClF3N2O2/c8-2-1-14-6(16-7(10,11)12)3(4(2)13)5(9)15/h1H,(H2,13,14). The molecule has 0 fully saturated rings. The van der Waals surface area contributed by atoms with E-state index in [1.54, 1.807) is 0 Å². The highest BCUT2D eigenvalue weighted by molar-refractivity contribution is 9.10. The van der Waals surface area contributed by atoms with E-state index in [9.17, 15) is 18.0 Å². The van der Waals surface area contributed by atoms with Gasteiger partial charge in [-0.25, -0.2) is 4.98 Å². The minimum atomic E-state index is -4.98. The van der Waals surface area contributed by atoms with Crippen molar-refractivity contribution in [2.75, 3.05) is 5.73 Å². The van der Waals surface area contributed by atoms with E-state index < -0.39 is 23.0 Å². The molecule has 0 spiro atoms. The molecular weight excluding hydrogens is 316 g/mol. The second kappa shape index (κ2) is 4.46. The number of carbonyl (C=O) groups is 1. The first-order valence-electron chi connectivity index (χ1n) is 3.62. The summed E-state index contributed by atoms with van der Waals surface area (Å²) < 4.78 is 39.5. The summed E-state index contributed by atoms with van der Waals surface area (Å²) >= 11 is 7.98. The molecule has 16 heavy (non-hydrogen) atoms. The first-order chi connectivity index (χ1) is 7.22. The van der Waals surface area contributed by atoms with Gasteiger partial charge in [0.15, 0.2) is 0 Å². The van der Waals surface area contributed by atoms with Crippen molar-refractivity contribution >= 4 is 38.5 Å². The van der Waals surface area contributed by atoms with Gasteiger partial charge >= 0.3 is 6.36 Å². The third-order valence-electron chi connectivity index (χ3n) is 1.44. The van der Waals surface area contributed by atoms with Gasteiger partial charge in [0, 0.05) is 6.20 Å². The number of halogens is 5. The Hall–Kier alpha value is -1.02. The second-order valence-electron chi connectivity index (χ2n) is 2.52. The molecule has 1 aromatic rings. The van der Waals surface area contributed by atoms with Crippen LogP contribution in [0.15, 0.2) is 10.7 Å². The molecule has 1 heterocycles. The van der Waals surface area contributed by atoms with Crippen molar-refractivity contribution in [2.45, 2.75) is 6.36 Å². The van der Waals surface area contributed by atoms with E-state index in [0.717, 1.165) is 6.20 Å². The highest BCUT2D eigenvalue weighted by Crippen LogP contribution is 2.33. The Bertz CT molecular complexity index is 438. The molecule has 0 saturated heterocycles. The maximum atomic E-state index is 11.9. The van der Waals surface area contributed by atoms with Crippen molar-refractivity contribution in [2.24, 2.45) is 0 Å². The Balaban J connectivity index is 3.29. The number of ether oxygens (including phenoxy) is 1. The topological polar surface area (TPSA) is 65.2 Å². The van der Waals surface area contributed by atoms with Gasteiger partial charge in [0.05, 0.1) is 10.2 Å². The number of pyridine rings is 1. The van der Waals surface area contributed by atoms with E-state index in [2.05, 4.69) is 25.7 Å². The average Bonchev–Trinajstić information content (AvgIpc) is 2.08. The van der Waals surface area contributed by atoms with Gasteiger partial charge in [-0.05, 0) is 27.5 Å². The monoisotopic (exact) mass is 318 g/mol. The molecule has 0 aliphatic carbocycles. The molecule has 0 aromatic carbocycles. The van der Waals surface area contributed by atoms with E-state index in [1.807, 2.05) is 0 Å². The van der Waals surface area contributed by atoms with Crippen LogP contribution in [0.2, 0.25) is 0 Å². The van der Waals surface area contributed by atoms with Crippen molar-refractivity contribution in [3.8, 4) is 5.88 Å². The lowest BCUT2D eigenvalue weighted by Gasteiger charge is -2.12. The van der Waals surface area contributed by atoms with E-state index in [-0.39, 0.29) is 10.2 Å². The average molecular weight is 319 g/mol. The quantitative estimate of drug-likeness (QED) is 0.851. The summed E-state index contributed by atoms with van der Waals surface area (Å²) in [5.41, 5.74) is 4.46. The number of nitrogen functional groups attached to an aromatic ring is 1. The molecule has 0 amide bonds. The van der Waals surface area contributed by atoms with Crippen LogP contribution >= 0.6 is 27.5 Å². The van der Waals surface area contributed by atoms with Crippen molar-refractivity contribution in [1.29, 1.82) is 0 Å². The molecule has 0 aliphatic heterocycles. The molecule has 2 N–H and O–H groups in total. The zero-order chi connectivity index (χ0) is 12.5. The van der Waals surface area contributed by atoms with Crippen LogP contribution in [-0.4, -0.2) is 16.6 Å². The van der Waals surface area contributed by atoms with Crippen LogP contribution in [0.25, 0.3) is 0 Å². The Morgan fingerprint density at radius 3 is 2.56 bits per heavy atom. The van der Waals surface area contributed by atoms with Gasteiger partial charge in [0.2, 0.25) is 5.88 Å². The van der Waals surface area contributed by atoms with Crippen LogP contribution in [0, 0.1) is 0 Å². The number of anilines is 1. The van der Waals surface area contributed by atoms with E-state index >= 15 is 0 Å². The van der Waals surface area contributed by atoms with Crippen molar-refractivity contribution in [1.82, 2.24) is 4.98 Å². The smallest absolute Gasteiger partial charge is 0.397 e. The lowest BCUT2D eigenvalue weighted by molar-refractivity contribution is -0.276. The van der Waals surface area contributed by atoms with Crippen molar-refractivity contribution in [3.05, 3.63) is 16.2 Å². The highest BCUT2D eigenvalue weighted by atomic mass is 79.9. The fourth-order valence-corrected chi connectivity index (χ4v) is 1.34. The van der Waals surface area contributed by atoms with Crippen molar-refractivity contribution < 1.29 is 22.7 Å². The van der Waals surface area contributed by atoms with Crippen LogP contribution in [-0.2, 0) is 0 Å². The molecule has 4 nitrogen and oxygen atoms in total. The number of nitrogens with two attached hydrogens (primary N) is 1. The van der Waals surface area contributed by atoms with Gasteiger partial charge in [-0.2, -0.15) is 0 Å². The molecule has 0 saturated carbocycles. The van der Waals surface area contributed by atoms with Crippen molar-refractivity contribution in [3.63, 3.8) is 0 Å². The normalized spacial score (nSPS) is 11.3. The van der Waals surface area contributed by atoms with Crippen LogP contribution in [0.3, 0.4) is 0 Å². The molecule has 0 bridgehead atoms. The summed E-state index contributed by atoms with van der Waals surface area (Å²) in [7, 11) is 0. The Morgan fingerprint density at radius 1 is 1.56 bits per heavy atom. The number of aromatic nitrogens is 1. The fraction of sp³-hybridized carbons (Fsp3) is 0.143. The zero-order valence-electron chi connectivity index (χ0n) is 7.31. The minimum absolute atomic E-state index is 0.144. The summed E-state index contributed by atoms with van der Waals surface area (Å²) in [4.78, 5) is 14.2. The third-order valence-corrected chi connectivity index (χ3v) is 2.27. The lowest BCUT2D eigenvalue weighted by Crippen LogP contribution is -2.20. The van der Waals surface area contributed by atoms with Crippen LogP contribution in [0.5, 0.6) is 5.88 Å². The molecule has 88 valence electrons. The number of hydrogen-bond acceptors (Lipinski definition) is 4. The minimum Gasteiger partial charge on any atom is -0.397 e. The maximum absolute atomic E-state index is 11.9. The summed E-state index contributed by atoms with van der Waals surface area (Å²) in [5, 5.41) is -1.19. The fourth-order valence-electron chi connectivity index (χ4n) is 0.861. The SMILES string of the molecule is Nc1c(Br)cnc(OC(F)(F)F)c1C(=O)Cl. The van der Waals surface area contributed by atoms with Gasteiger partial charge in [0.25, 0.3) is 5.24 Å². The third kappa shape index (κ3) is 2.99. The number of nitrogens with zero attached hydrogens (tertiary/aromatic N) is 1. The molecular formula is C7H3BrClF3N2O2. The van der Waals surface area contributed by atoms with E-state index in [0.29, 0.717) is 0 Å². The van der Waals surface area contributed by atoms with Gasteiger partial charge in [-0.15, -0.1) is 13.2 Å². The molecule has 9 heteroatoms. The Kier molecular flexibility index (Phi) is 3.64. The second-order valence-corrected chi connectivity index (χ2v) is 3.72. The predicted molar refractivity (Wildman–Crippen MR) is 53.2 cm³/mol. The largest absolute Gasteiger partial charge is 0.574 e. The molecule has 1 rings (SSSR count). The van der Waals surface area contributed by atoms with Crippen LogP contribution < -0.4 is 10.5 Å². The summed E-state index contributed by atoms with van der Waals surface area (Å²) in [6.45, 7) is 0. The molecule has 1 aromatic heterocycles. The Labute approximate surface area is 101 Å². The number of hydrogen-bond donors (Lipinski definition) is 1. The molecule has 0 radical (unpaired) electrons. The zero-order valence-corrected chi connectivity index (χ0v) is 9.65. The summed E-state index contributed by atoms with van der Waals surface area (Å²) in [6.07, 6.45) is -4.01. The van der Waals surface area contributed by atoms with Gasteiger partial charge in [0.1, 0.15) is 5.56 Å². The lowest BCUT2D eigenvalue weighted by atomic mass is 10.2. The molecule has 0 unspecified atom stereocenters. The highest BCUT2D eigenvalue weighted by Gasteiger charge is 2.34. The first-order valence-corrected chi connectivity index (χ1v) is 4.79. The van der Waals surface area contributed by atoms with E-state index in [1.165, 1.54) is 0 Å². The predicted octanol–water partition coefficient (Wildman–Crippen LogP) is 2.70. The number of alkyl halides is 3. The Morgan fingerprint density at radius 2 is 2.12 bits per heavy atom. The van der Waals surface area contributed by atoms with Gasteiger partial charge in [-0.3, -0.25) is 4.79 Å². The number of rotatable bonds is 2. The maximum Gasteiger partial charge on any atom is 0.574 e. The van der Waals surface area contributed by atoms with Gasteiger partial charge < -0.3 is 10.5 Å². The van der Waals surface area contributed by atoms with Gasteiger partial charge in [-0.1, -0.05) is 0 Å².